The van der Waals surface area contributed by atoms with Gasteiger partial charge >= 0.3 is 0 Å². The first-order valence-electron chi connectivity index (χ1n) is 5.53. The van der Waals surface area contributed by atoms with Gasteiger partial charge in [-0.05, 0) is 37.8 Å². The fourth-order valence-corrected chi connectivity index (χ4v) is 2.02. The summed E-state index contributed by atoms with van der Waals surface area (Å²) in [6.45, 7) is 6.28. The van der Waals surface area contributed by atoms with Crippen LogP contribution in [0.2, 0.25) is 0 Å². The van der Waals surface area contributed by atoms with Crippen molar-refractivity contribution in [3.63, 3.8) is 0 Å². The summed E-state index contributed by atoms with van der Waals surface area (Å²) < 4.78 is 5.40. The summed E-state index contributed by atoms with van der Waals surface area (Å²) in [6, 6.07) is 5.77. The summed E-state index contributed by atoms with van der Waals surface area (Å²) in [7, 11) is 0. The molecule has 1 saturated heterocycles. The third-order valence-electron chi connectivity index (χ3n) is 3.14. The number of ether oxygens (including phenoxy) is 1. The first kappa shape index (κ1) is 10.5. The minimum Gasteiger partial charge on any atom is -0.508 e. The van der Waals surface area contributed by atoms with E-state index in [-0.39, 0.29) is 0 Å². The third-order valence-corrected chi connectivity index (χ3v) is 3.14. The van der Waals surface area contributed by atoms with E-state index < -0.39 is 0 Å². The van der Waals surface area contributed by atoms with Crippen LogP contribution in [0.15, 0.2) is 18.2 Å². The monoisotopic (exact) mass is 206 g/mol. The maximum absolute atomic E-state index is 9.76. The molecule has 1 aromatic rings. The van der Waals surface area contributed by atoms with Gasteiger partial charge in [-0.1, -0.05) is 24.6 Å². The zero-order valence-corrected chi connectivity index (χ0v) is 9.53. The molecule has 0 saturated carbocycles. The van der Waals surface area contributed by atoms with Gasteiger partial charge in [-0.3, -0.25) is 0 Å². The molecule has 1 aliphatic rings. The number of epoxide rings is 1. The largest absolute Gasteiger partial charge is 0.508 e. The lowest BCUT2D eigenvalue weighted by atomic mass is 9.93. The zero-order valence-electron chi connectivity index (χ0n) is 9.53. The summed E-state index contributed by atoms with van der Waals surface area (Å²) in [4.78, 5) is 0. The fraction of sp³-hybridized carbons (Fsp3) is 0.538. The maximum atomic E-state index is 9.76. The quantitative estimate of drug-likeness (QED) is 0.771. The molecule has 1 fully saturated rings. The molecule has 1 aliphatic heterocycles. The molecule has 0 radical (unpaired) electrons. The maximum Gasteiger partial charge on any atom is 0.119 e. The smallest absolute Gasteiger partial charge is 0.119 e. The number of hydrogen-bond donors (Lipinski definition) is 1. The van der Waals surface area contributed by atoms with Crippen LogP contribution in [0.3, 0.4) is 0 Å². The van der Waals surface area contributed by atoms with Crippen LogP contribution in [0.4, 0.5) is 0 Å². The van der Waals surface area contributed by atoms with Gasteiger partial charge in [0, 0.05) is 0 Å². The van der Waals surface area contributed by atoms with E-state index in [1.807, 2.05) is 13.0 Å². The molecular weight excluding hydrogens is 188 g/mol. The summed E-state index contributed by atoms with van der Waals surface area (Å²) in [6.07, 6.45) is 1.79. The van der Waals surface area contributed by atoms with Crippen molar-refractivity contribution >= 4 is 0 Å². The Morgan fingerprint density at radius 1 is 1.47 bits per heavy atom. The number of aryl methyl sites for hydroxylation is 1. The summed E-state index contributed by atoms with van der Waals surface area (Å²) >= 11 is 0. The fourth-order valence-electron chi connectivity index (χ4n) is 2.02. The molecule has 2 rings (SSSR count). The van der Waals surface area contributed by atoms with Gasteiger partial charge < -0.3 is 9.84 Å². The molecule has 0 aliphatic carbocycles. The van der Waals surface area contributed by atoms with Gasteiger partial charge in [-0.25, -0.2) is 0 Å². The average molecular weight is 206 g/mol. The van der Waals surface area contributed by atoms with E-state index in [2.05, 4.69) is 19.9 Å². The van der Waals surface area contributed by atoms with Crippen LogP contribution in [-0.4, -0.2) is 17.3 Å². The van der Waals surface area contributed by atoms with Crippen LogP contribution in [0.5, 0.6) is 5.75 Å². The van der Waals surface area contributed by atoms with Crippen LogP contribution < -0.4 is 0 Å². The van der Waals surface area contributed by atoms with Gasteiger partial charge in [0.15, 0.2) is 0 Å². The predicted molar refractivity (Wildman–Crippen MR) is 60.2 cm³/mol. The van der Waals surface area contributed by atoms with Crippen LogP contribution in [0.25, 0.3) is 0 Å². The highest BCUT2D eigenvalue weighted by atomic mass is 16.6. The number of phenolic OH excluding ortho intramolecular Hbond substituents is 1. The van der Waals surface area contributed by atoms with E-state index in [1.165, 1.54) is 5.56 Å². The first-order chi connectivity index (χ1) is 7.08. The Hall–Kier alpha value is -1.02. The number of benzene rings is 1. The summed E-state index contributed by atoms with van der Waals surface area (Å²) in [5, 5.41) is 9.76. The molecule has 82 valence electrons. The van der Waals surface area contributed by atoms with E-state index >= 15 is 0 Å². The SMILES string of the molecule is Cc1ccc(O)c(C(C)CC2OC2C)c1. The van der Waals surface area contributed by atoms with Gasteiger partial charge in [0.2, 0.25) is 0 Å². The van der Waals surface area contributed by atoms with Gasteiger partial charge in [0.1, 0.15) is 5.75 Å². The van der Waals surface area contributed by atoms with E-state index in [0.29, 0.717) is 23.9 Å². The Kier molecular flexibility index (Phi) is 2.70. The lowest BCUT2D eigenvalue weighted by Gasteiger charge is -2.13. The Balaban J connectivity index is 2.10. The highest BCUT2D eigenvalue weighted by Gasteiger charge is 2.35. The number of aromatic hydroxyl groups is 1. The number of hydrogen-bond acceptors (Lipinski definition) is 2. The second kappa shape index (κ2) is 3.86. The van der Waals surface area contributed by atoms with E-state index in [0.717, 1.165) is 12.0 Å². The Morgan fingerprint density at radius 3 is 2.73 bits per heavy atom. The average Bonchev–Trinajstić information content (AvgIpc) is 2.86. The van der Waals surface area contributed by atoms with E-state index in [4.69, 9.17) is 4.74 Å². The van der Waals surface area contributed by atoms with Gasteiger partial charge in [-0.15, -0.1) is 0 Å². The molecule has 15 heavy (non-hydrogen) atoms. The van der Waals surface area contributed by atoms with Crippen molar-refractivity contribution in [2.24, 2.45) is 0 Å². The van der Waals surface area contributed by atoms with Crippen molar-refractivity contribution in [2.45, 2.75) is 45.3 Å². The minimum absolute atomic E-state index is 0.361. The Labute approximate surface area is 90.9 Å². The molecule has 3 atom stereocenters. The van der Waals surface area contributed by atoms with Crippen molar-refractivity contribution < 1.29 is 9.84 Å². The molecule has 1 aromatic carbocycles. The molecule has 1 heterocycles. The molecule has 0 bridgehead atoms. The van der Waals surface area contributed by atoms with Gasteiger partial charge in [-0.2, -0.15) is 0 Å². The van der Waals surface area contributed by atoms with Crippen LogP contribution in [-0.2, 0) is 4.74 Å². The number of rotatable bonds is 3. The van der Waals surface area contributed by atoms with E-state index in [1.54, 1.807) is 6.07 Å². The molecule has 0 amide bonds. The molecule has 3 unspecified atom stereocenters. The first-order valence-corrected chi connectivity index (χ1v) is 5.53. The van der Waals surface area contributed by atoms with Crippen molar-refractivity contribution in [1.29, 1.82) is 0 Å². The van der Waals surface area contributed by atoms with Crippen molar-refractivity contribution in [1.82, 2.24) is 0 Å². The summed E-state index contributed by atoms with van der Waals surface area (Å²) in [5.74, 6) is 0.765. The molecule has 2 nitrogen and oxygen atoms in total. The second-order valence-corrected chi connectivity index (χ2v) is 4.58. The second-order valence-electron chi connectivity index (χ2n) is 4.58. The van der Waals surface area contributed by atoms with Crippen LogP contribution >= 0.6 is 0 Å². The highest BCUT2D eigenvalue weighted by Crippen LogP contribution is 2.35. The molecular formula is C13H18O2. The zero-order chi connectivity index (χ0) is 11.0. The predicted octanol–water partition coefficient (Wildman–Crippen LogP) is 2.98. The van der Waals surface area contributed by atoms with Crippen LogP contribution in [0, 0.1) is 6.92 Å². The minimum atomic E-state index is 0.361. The molecule has 1 N–H and O–H groups in total. The van der Waals surface area contributed by atoms with Crippen LogP contribution in [0.1, 0.15) is 37.3 Å². The van der Waals surface area contributed by atoms with E-state index in [9.17, 15) is 5.11 Å². The lowest BCUT2D eigenvalue weighted by Crippen LogP contribution is -2.00. The van der Waals surface area contributed by atoms with Crippen molar-refractivity contribution in [3.8, 4) is 5.75 Å². The number of phenols is 1. The topological polar surface area (TPSA) is 32.8 Å². The molecule has 0 aromatic heterocycles. The van der Waals surface area contributed by atoms with Gasteiger partial charge in [0.05, 0.1) is 12.2 Å². The van der Waals surface area contributed by atoms with Gasteiger partial charge in [0.25, 0.3) is 0 Å². The normalized spacial score (nSPS) is 26.3. The lowest BCUT2D eigenvalue weighted by molar-refractivity contribution is 0.360. The standard InChI is InChI=1S/C13H18O2/c1-8-4-5-12(14)11(6-8)9(2)7-13-10(3)15-13/h4-6,9-10,13-14H,7H2,1-3H3. The van der Waals surface area contributed by atoms with Crippen molar-refractivity contribution in [2.75, 3.05) is 0 Å². The Morgan fingerprint density at radius 2 is 2.13 bits per heavy atom. The molecule has 0 spiro atoms. The third kappa shape index (κ3) is 2.32. The summed E-state index contributed by atoms with van der Waals surface area (Å²) in [5.41, 5.74) is 2.23. The van der Waals surface area contributed by atoms with Crippen molar-refractivity contribution in [3.05, 3.63) is 29.3 Å². The Bertz CT molecular complexity index is 360. The highest BCUT2D eigenvalue weighted by molar-refractivity contribution is 5.38. The molecule has 2 heteroatoms.